The summed E-state index contributed by atoms with van der Waals surface area (Å²) in [6.45, 7) is 1.77. The first kappa shape index (κ1) is 14.9. The molecule has 21 heavy (non-hydrogen) atoms. The SMILES string of the molecule is Cc1c(N)cccc1C(=O)Nc1ccc(C(N)=O)c(Cl)c1. The Morgan fingerprint density at radius 3 is 2.48 bits per heavy atom. The van der Waals surface area contributed by atoms with Crippen molar-refractivity contribution in [2.45, 2.75) is 6.92 Å². The summed E-state index contributed by atoms with van der Waals surface area (Å²) >= 11 is 5.94. The van der Waals surface area contributed by atoms with Crippen LogP contribution in [0.4, 0.5) is 11.4 Å². The van der Waals surface area contributed by atoms with E-state index in [9.17, 15) is 9.59 Å². The Morgan fingerprint density at radius 1 is 1.14 bits per heavy atom. The molecule has 0 aliphatic rings. The zero-order chi connectivity index (χ0) is 15.6. The first-order chi connectivity index (χ1) is 9.90. The molecule has 2 aromatic rings. The Kier molecular flexibility index (Phi) is 4.14. The summed E-state index contributed by atoms with van der Waals surface area (Å²) in [4.78, 5) is 23.3. The van der Waals surface area contributed by atoms with Crippen LogP contribution >= 0.6 is 11.6 Å². The third-order valence-corrected chi connectivity index (χ3v) is 3.43. The second-order valence-electron chi connectivity index (χ2n) is 4.53. The number of anilines is 2. The molecule has 0 aliphatic carbocycles. The van der Waals surface area contributed by atoms with Crippen LogP contribution in [-0.4, -0.2) is 11.8 Å². The number of amides is 2. The molecule has 0 heterocycles. The summed E-state index contributed by atoms with van der Waals surface area (Å²) in [5.74, 6) is -0.924. The van der Waals surface area contributed by atoms with E-state index < -0.39 is 5.91 Å². The van der Waals surface area contributed by atoms with E-state index in [0.717, 1.165) is 0 Å². The zero-order valence-electron chi connectivity index (χ0n) is 11.3. The van der Waals surface area contributed by atoms with Crippen LogP contribution in [0.3, 0.4) is 0 Å². The number of benzene rings is 2. The number of nitrogens with two attached hydrogens (primary N) is 2. The third-order valence-electron chi connectivity index (χ3n) is 3.11. The summed E-state index contributed by atoms with van der Waals surface area (Å²) in [6.07, 6.45) is 0. The topological polar surface area (TPSA) is 98.2 Å². The maximum Gasteiger partial charge on any atom is 0.256 e. The minimum Gasteiger partial charge on any atom is -0.398 e. The molecule has 2 rings (SSSR count). The van der Waals surface area contributed by atoms with Gasteiger partial charge in [0, 0.05) is 16.9 Å². The maximum atomic E-state index is 12.2. The summed E-state index contributed by atoms with van der Waals surface area (Å²) in [6, 6.07) is 9.62. The summed E-state index contributed by atoms with van der Waals surface area (Å²) < 4.78 is 0. The fourth-order valence-electron chi connectivity index (χ4n) is 1.89. The van der Waals surface area contributed by atoms with Crippen molar-refractivity contribution in [2.75, 3.05) is 11.1 Å². The van der Waals surface area contributed by atoms with Gasteiger partial charge in [-0.25, -0.2) is 0 Å². The monoisotopic (exact) mass is 303 g/mol. The third kappa shape index (κ3) is 3.14. The molecule has 108 valence electrons. The van der Waals surface area contributed by atoms with E-state index in [1.807, 2.05) is 0 Å². The standard InChI is InChI=1S/C15H14ClN3O2/c1-8-10(3-2-4-13(8)17)15(21)19-9-5-6-11(14(18)20)12(16)7-9/h2-7H,17H2,1H3,(H2,18,20)(H,19,21). The lowest BCUT2D eigenvalue weighted by atomic mass is 10.1. The van der Waals surface area contributed by atoms with Gasteiger partial charge >= 0.3 is 0 Å². The van der Waals surface area contributed by atoms with Crippen LogP contribution in [0.5, 0.6) is 0 Å². The number of hydrogen-bond acceptors (Lipinski definition) is 3. The molecule has 0 atom stereocenters. The quantitative estimate of drug-likeness (QED) is 0.760. The minimum absolute atomic E-state index is 0.185. The van der Waals surface area contributed by atoms with Crippen LogP contribution in [-0.2, 0) is 0 Å². The lowest BCUT2D eigenvalue weighted by molar-refractivity contribution is 0.0998. The molecule has 2 amide bonds. The van der Waals surface area contributed by atoms with Gasteiger partial charge in [-0.15, -0.1) is 0 Å². The number of rotatable bonds is 3. The van der Waals surface area contributed by atoms with Crippen LogP contribution in [0, 0.1) is 6.92 Å². The fraction of sp³-hybridized carbons (Fsp3) is 0.0667. The predicted octanol–water partition coefficient (Wildman–Crippen LogP) is 2.58. The highest BCUT2D eigenvalue weighted by molar-refractivity contribution is 6.34. The molecular formula is C15H14ClN3O2. The van der Waals surface area contributed by atoms with E-state index in [4.69, 9.17) is 23.1 Å². The highest BCUT2D eigenvalue weighted by Crippen LogP contribution is 2.22. The molecule has 0 fully saturated rings. The molecule has 0 aliphatic heterocycles. The van der Waals surface area contributed by atoms with Crippen molar-refractivity contribution in [3.63, 3.8) is 0 Å². The number of nitrogen functional groups attached to an aromatic ring is 1. The Labute approximate surface area is 126 Å². The molecule has 0 aromatic heterocycles. The first-order valence-electron chi connectivity index (χ1n) is 6.16. The largest absolute Gasteiger partial charge is 0.398 e. The number of carbonyl (C=O) groups is 2. The van der Waals surface area contributed by atoms with Crippen molar-refractivity contribution in [1.82, 2.24) is 0 Å². The molecule has 0 saturated carbocycles. The second kappa shape index (κ2) is 5.85. The number of carbonyl (C=O) groups excluding carboxylic acids is 2. The number of primary amides is 1. The molecule has 0 unspecified atom stereocenters. The Balaban J connectivity index is 2.26. The van der Waals surface area contributed by atoms with Gasteiger partial charge in [0.15, 0.2) is 0 Å². The van der Waals surface area contributed by atoms with E-state index in [1.165, 1.54) is 12.1 Å². The van der Waals surface area contributed by atoms with Crippen molar-refractivity contribution < 1.29 is 9.59 Å². The minimum atomic E-state index is -0.621. The molecule has 6 heteroatoms. The van der Waals surface area contributed by atoms with Crippen molar-refractivity contribution in [3.05, 3.63) is 58.1 Å². The summed E-state index contributed by atoms with van der Waals surface area (Å²) in [5, 5.41) is 2.89. The van der Waals surface area contributed by atoms with Gasteiger partial charge in [-0.05, 0) is 42.8 Å². The number of halogens is 1. The van der Waals surface area contributed by atoms with Gasteiger partial charge in [-0.1, -0.05) is 17.7 Å². The van der Waals surface area contributed by atoms with Crippen molar-refractivity contribution in [3.8, 4) is 0 Å². The van der Waals surface area contributed by atoms with Crippen molar-refractivity contribution in [1.29, 1.82) is 0 Å². The number of nitrogens with one attached hydrogen (secondary N) is 1. The average Bonchev–Trinajstić information content (AvgIpc) is 2.41. The van der Waals surface area contributed by atoms with E-state index >= 15 is 0 Å². The molecule has 0 saturated heterocycles. The summed E-state index contributed by atoms with van der Waals surface area (Å²) in [5.41, 5.74) is 13.3. The van der Waals surface area contributed by atoms with E-state index in [1.54, 1.807) is 31.2 Å². The van der Waals surface area contributed by atoms with Crippen molar-refractivity contribution in [2.24, 2.45) is 5.73 Å². The van der Waals surface area contributed by atoms with Gasteiger partial charge < -0.3 is 16.8 Å². The van der Waals surface area contributed by atoms with Gasteiger partial charge in [0.1, 0.15) is 0 Å². The molecule has 5 N–H and O–H groups in total. The predicted molar refractivity (Wildman–Crippen MR) is 83.5 cm³/mol. The van der Waals surface area contributed by atoms with Crippen LogP contribution in [0.2, 0.25) is 5.02 Å². The molecule has 2 aromatic carbocycles. The van der Waals surface area contributed by atoms with Crippen molar-refractivity contribution >= 4 is 34.8 Å². The molecule has 0 bridgehead atoms. The van der Waals surface area contributed by atoms with E-state index in [-0.39, 0.29) is 16.5 Å². The lowest BCUT2D eigenvalue weighted by Gasteiger charge is -2.10. The normalized spacial score (nSPS) is 10.2. The first-order valence-corrected chi connectivity index (χ1v) is 6.53. The van der Waals surface area contributed by atoms with Crippen LogP contribution in [0.25, 0.3) is 0 Å². The molecular weight excluding hydrogens is 290 g/mol. The van der Waals surface area contributed by atoms with Crippen LogP contribution in [0.1, 0.15) is 26.3 Å². The molecule has 0 spiro atoms. The van der Waals surface area contributed by atoms with Gasteiger partial charge in [0.25, 0.3) is 5.91 Å². The smallest absolute Gasteiger partial charge is 0.256 e. The second-order valence-corrected chi connectivity index (χ2v) is 4.94. The Hall–Kier alpha value is -2.53. The van der Waals surface area contributed by atoms with Gasteiger partial charge in [0.05, 0.1) is 10.6 Å². The lowest BCUT2D eigenvalue weighted by Crippen LogP contribution is -2.15. The summed E-state index contributed by atoms with van der Waals surface area (Å²) in [7, 11) is 0. The zero-order valence-corrected chi connectivity index (χ0v) is 12.1. The maximum absolute atomic E-state index is 12.2. The Bertz CT molecular complexity index is 729. The number of hydrogen-bond donors (Lipinski definition) is 3. The molecule has 0 radical (unpaired) electrons. The molecule has 5 nitrogen and oxygen atoms in total. The van der Waals surface area contributed by atoms with E-state index in [2.05, 4.69) is 5.32 Å². The van der Waals surface area contributed by atoms with Crippen LogP contribution < -0.4 is 16.8 Å². The van der Waals surface area contributed by atoms with E-state index in [0.29, 0.717) is 22.5 Å². The highest BCUT2D eigenvalue weighted by atomic mass is 35.5. The van der Waals surface area contributed by atoms with Crippen LogP contribution in [0.15, 0.2) is 36.4 Å². The van der Waals surface area contributed by atoms with Gasteiger partial charge in [-0.2, -0.15) is 0 Å². The Morgan fingerprint density at radius 2 is 1.86 bits per heavy atom. The van der Waals surface area contributed by atoms with Gasteiger partial charge in [-0.3, -0.25) is 9.59 Å². The fourth-order valence-corrected chi connectivity index (χ4v) is 2.16. The average molecular weight is 304 g/mol. The van der Waals surface area contributed by atoms with Gasteiger partial charge in [0.2, 0.25) is 5.91 Å². The highest BCUT2D eigenvalue weighted by Gasteiger charge is 2.12.